The third-order valence-corrected chi connectivity index (χ3v) is 4.85. The molecule has 1 heterocycles. The fourth-order valence-electron chi connectivity index (χ4n) is 3.10. The second-order valence-corrected chi connectivity index (χ2v) is 7.66. The van der Waals surface area contributed by atoms with E-state index in [9.17, 15) is 9.59 Å². The second kappa shape index (κ2) is 11.1. The summed E-state index contributed by atoms with van der Waals surface area (Å²) in [5, 5.41) is 1.11. The van der Waals surface area contributed by atoms with E-state index in [2.05, 4.69) is 4.98 Å². The number of ether oxygens (including phenoxy) is 2. The Labute approximate surface area is 188 Å². The van der Waals surface area contributed by atoms with Crippen LogP contribution in [0.1, 0.15) is 17.5 Å². The Morgan fingerprint density at radius 3 is 2.53 bits per heavy atom. The van der Waals surface area contributed by atoms with Gasteiger partial charge in [-0.2, -0.15) is 0 Å². The fraction of sp³-hybridized carbons (Fsp3) is 0.231. The Morgan fingerprint density at radius 2 is 1.78 bits per heavy atom. The Balaban J connectivity index is 1.56. The predicted molar refractivity (Wildman–Crippen MR) is 128 cm³/mol. The van der Waals surface area contributed by atoms with Crippen LogP contribution in [-0.2, 0) is 9.59 Å². The zero-order valence-electron chi connectivity index (χ0n) is 18.6. The number of carbonyl (C=O) groups is 2. The maximum absolute atomic E-state index is 12.2. The van der Waals surface area contributed by atoms with Crippen LogP contribution in [0.5, 0.6) is 11.5 Å². The first kappa shape index (κ1) is 23.0. The average molecular weight is 433 g/mol. The Hall–Kier alpha value is -3.64. The molecule has 6 nitrogen and oxygen atoms in total. The van der Waals surface area contributed by atoms with Crippen molar-refractivity contribution < 1.29 is 19.1 Å². The van der Waals surface area contributed by atoms with Gasteiger partial charge in [0.15, 0.2) is 11.6 Å². The summed E-state index contributed by atoms with van der Waals surface area (Å²) in [7, 11) is 5.53. The predicted octanol–water partition coefficient (Wildman–Crippen LogP) is 4.37. The molecule has 0 radical (unpaired) electrons. The monoisotopic (exact) mass is 432 g/mol. The number of nitrogens with zero attached hydrogens (tertiary/aromatic N) is 1. The lowest BCUT2D eigenvalue weighted by atomic mass is 10.1. The lowest BCUT2D eigenvalue weighted by Gasteiger charge is -2.12. The van der Waals surface area contributed by atoms with E-state index in [1.165, 1.54) is 12.2 Å². The molecule has 0 spiro atoms. The van der Waals surface area contributed by atoms with Crippen LogP contribution in [-0.4, -0.2) is 55.8 Å². The van der Waals surface area contributed by atoms with E-state index in [4.69, 9.17) is 9.47 Å². The van der Waals surface area contributed by atoms with Gasteiger partial charge in [0.2, 0.25) is 0 Å². The van der Waals surface area contributed by atoms with Gasteiger partial charge in [0, 0.05) is 29.9 Å². The largest absolute Gasteiger partial charge is 0.496 e. The summed E-state index contributed by atoms with van der Waals surface area (Å²) in [6, 6.07) is 13.3. The van der Waals surface area contributed by atoms with Crippen LogP contribution in [0.2, 0.25) is 0 Å². The number of aromatic amines is 1. The number of hydrogen-bond donors (Lipinski definition) is 1. The van der Waals surface area contributed by atoms with Crippen molar-refractivity contribution in [2.75, 3.05) is 34.4 Å². The molecule has 0 atom stereocenters. The van der Waals surface area contributed by atoms with Crippen LogP contribution >= 0.6 is 0 Å². The van der Waals surface area contributed by atoms with Crippen molar-refractivity contribution in [3.8, 4) is 11.5 Å². The number of allylic oxidation sites excluding steroid dienone is 2. The summed E-state index contributed by atoms with van der Waals surface area (Å²) in [4.78, 5) is 29.6. The zero-order valence-corrected chi connectivity index (χ0v) is 18.6. The molecule has 6 heteroatoms. The van der Waals surface area contributed by atoms with Crippen LogP contribution < -0.4 is 9.47 Å². The van der Waals surface area contributed by atoms with Crippen molar-refractivity contribution >= 4 is 34.6 Å². The first-order valence-electron chi connectivity index (χ1n) is 10.4. The summed E-state index contributed by atoms with van der Waals surface area (Å²) in [5.41, 5.74) is 2.64. The third-order valence-electron chi connectivity index (χ3n) is 4.85. The maximum Gasteiger partial charge on any atom is 0.163 e. The van der Waals surface area contributed by atoms with E-state index < -0.39 is 0 Å². The number of nitrogens with one attached hydrogen (secondary N) is 1. The number of carbonyl (C=O) groups excluding carboxylic acids is 2. The van der Waals surface area contributed by atoms with Crippen molar-refractivity contribution in [1.82, 2.24) is 9.88 Å². The SMILES string of the molecule is COc1cc(OCCN(C)C)ccc1/C=C/C(=O)CC(=O)/C=C/c1ccc2cc[nH]c2c1. The van der Waals surface area contributed by atoms with Crippen molar-refractivity contribution in [2.24, 2.45) is 0 Å². The molecule has 1 aromatic heterocycles. The minimum Gasteiger partial charge on any atom is -0.496 e. The molecule has 0 bridgehead atoms. The summed E-state index contributed by atoms with van der Waals surface area (Å²) in [5.74, 6) is 0.781. The highest BCUT2D eigenvalue weighted by atomic mass is 16.5. The van der Waals surface area contributed by atoms with Gasteiger partial charge in [-0.3, -0.25) is 9.59 Å². The fourth-order valence-corrected chi connectivity index (χ4v) is 3.10. The minimum absolute atomic E-state index is 0.189. The Bertz CT molecular complexity index is 1140. The highest BCUT2D eigenvalue weighted by Crippen LogP contribution is 2.26. The van der Waals surface area contributed by atoms with E-state index in [-0.39, 0.29) is 18.0 Å². The maximum atomic E-state index is 12.2. The van der Waals surface area contributed by atoms with Gasteiger partial charge in [-0.15, -0.1) is 0 Å². The number of ketones is 2. The van der Waals surface area contributed by atoms with Crippen LogP contribution in [0.15, 0.2) is 60.8 Å². The van der Waals surface area contributed by atoms with Gasteiger partial charge in [0.25, 0.3) is 0 Å². The Morgan fingerprint density at radius 1 is 1.00 bits per heavy atom. The lowest BCUT2D eigenvalue weighted by Crippen LogP contribution is -2.19. The van der Waals surface area contributed by atoms with Gasteiger partial charge in [0.1, 0.15) is 18.1 Å². The molecule has 0 amide bonds. The van der Waals surface area contributed by atoms with E-state index >= 15 is 0 Å². The van der Waals surface area contributed by atoms with Gasteiger partial charge in [0.05, 0.1) is 13.5 Å². The van der Waals surface area contributed by atoms with Gasteiger partial charge < -0.3 is 19.4 Å². The molecule has 3 rings (SSSR count). The van der Waals surface area contributed by atoms with Crippen LogP contribution in [0, 0.1) is 0 Å². The standard InChI is InChI=1S/C26H28N2O4/c1-28(2)14-15-32-24-11-8-21(26(18-24)31-3)7-10-23(30)17-22(29)9-5-19-4-6-20-12-13-27-25(20)16-19/h4-13,16,18,27H,14-15,17H2,1-3H3/b9-5+,10-7+. The summed E-state index contributed by atoms with van der Waals surface area (Å²) >= 11 is 0. The van der Waals surface area contributed by atoms with E-state index in [1.54, 1.807) is 25.3 Å². The molecule has 0 unspecified atom stereocenters. The number of rotatable bonds is 11. The molecule has 3 aromatic rings. The number of fused-ring (bicyclic) bond motifs is 1. The smallest absolute Gasteiger partial charge is 0.163 e. The summed E-state index contributed by atoms with van der Waals surface area (Å²) < 4.78 is 11.1. The quantitative estimate of drug-likeness (QED) is 0.360. The summed E-state index contributed by atoms with van der Waals surface area (Å²) in [6.07, 6.45) is 7.90. The Kier molecular flexibility index (Phi) is 8.00. The van der Waals surface area contributed by atoms with Crippen LogP contribution in [0.25, 0.3) is 23.1 Å². The molecule has 0 aliphatic heterocycles. The zero-order chi connectivity index (χ0) is 22.9. The van der Waals surface area contributed by atoms with Gasteiger partial charge in [-0.1, -0.05) is 18.2 Å². The normalized spacial score (nSPS) is 11.6. The molecule has 0 aliphatic carbocycles. The summed E-state index contributed by atoms with van der Waals surface area (Å²) in [6.45, 7) is 1.37. The number of hydrogen-bond acceptors (Lipinski definition) is 5. The molecule has 1 N–H and O–H groups in total. The van der Waals surface area contributed by atoms with E-state index in [0.29, 0.717) is 18.1 Å². The highest BCUT2D eigenvalue weighted by molar-refractivity contribution is 6.11. The van der Waals surface area contributed by atoms with Gasteiger partial charge in [-0.05, 0) is 67.5 Å². The number of aromatic nitrogens is 1. The number of H-pyrrole nitrogens is 1. The number of methoxy groups -OCH3 is 1. The van der Waals surface area contributed by atoms with E-state index in [1.807, 2.05) is 61.6 Å². The van der Waals surface area contributed by atoms with Crippen molar-refractivity contribution in [3.05, 3.63) is 71.9 Å². The third kappa shape index (κ3) is 6.68. The van der Waals surface area contributed by atoms with Crippen LogP contribution in [0.4, 0.5) is 0 Å². The molecule has 0 fully saturated rings. The van der Waals surface area contributed by atoms with Crippen molar-refractivity contribution in [3.63, 3.8) is 0 Å². The molecular formula is C26H28N2O4. The number of benzene rings is 2. The van der Waals surface area contributed by atoms with E-state index in [0.717, 1.165) is 28.6 Å². The molecular weight excluding hydrogens is 404 g/mol. The van der Waals surface area contributed by atoms with Gasteiger partial charge in [-0.25, -0.2) is 0 Å². The van der Waals surface area contributed by atoms with Crippen molar-refractivity contribution in [1.29, 1.82) is 0 Å². The van der Waals surface area contributed by atoms with Gasteiger partial charge >= 0.3 is 0 Å². The molecule has 166 valence electrons. The van der Waals surface area contributed by atoms with Crippen molar-refractivity contribution in [2.45, 2.75) is 6.42 Å². The minimum atomic E-state index is -0.271. The topological polar surface area (TPSA) is 71.6 Å². The first-order chi connectivity index (χ1) is 15.4. The molecule has 0 saturated heterocycles. The molecule has 32 heavy (non-hydrogen) atoms. The first-order valence-corrected chi connectivity index (χ1v) is 10.4. The number of likely N-dealkylation sites (N-methyl/N-ethyl adjacent to an activating group) is 1. The average Bonchev–Trinajstić information content (AvgIpc) is 3.24. The molecule has 0 aliphatic rings. The highest BCUT2D eigenvalue weighted by Gasteiger charge is 2.07. The molecule has 2 aromatic carbocycles. The lowest BCUT2D eigenvalue weighted by molar-refractivity contribution is -0.121. The second-order valence-electron chi connectivity index (χ2n) is 7.66. The van der Waals surface area contributed by atoms with Crippen LogP contribution in [0.3, 0.4) is 0 Å². The molecule has 0 saturated carbocycles.